The fraction of sp³-hybridized carbons (Fsp3) is 0.486. The molecule has 4 fully saturated rings. The van der Waals surface area contributed by atoms with Crippen molar-refractivity contribution < 1.29 is 34.4 Å². The van der Waals surface area contributed by atoms with Gasteiger partial charge in [0.2, 0.25) is 0 Å². The first-order valence-electron chi connectivity index (χ1n) is 30.7. The molecule has 81 heavy (non-hydrogen) atoms. The number of carbonyl (C=O) groups is 2. The van der Waals surface area contributed by atoms with E-state index in [1.807, 2.05) is 32.2 Å². The maximum absolute atomic E-state index is 15.7. The number of benzene rings is 4. The van der Waals surface area contributed by atoms with E-state index in [-0.39, 0.29) is 65.7 Å². The Labute approximate surface area is 478 Å². The van der Waals surface area contributed by atoms with Gasteiger partial charge in [0, 0.05) is 48.2 Å². The number of ether oxygens (including phenoxy) is 2. The third kappa shape index (κ3) is 9.43. The minimum atomic E-state index is -1.00. The van der Waals surface area contributed by atoms with Crippen LogP contribution < -0.4 is 21.3 Å². The van der Waals surface area contributed by atoms with Crippen LogP contribution in [0, 0.1) is 51.8 Å². The molecule has 15 rings (SSSR count). The number of carbonyl (C=O) groups excluding carboxylic acids is 2. The lowest BCUT2D eigenvalue weighted by Gasteiger charge is -2.62. The summed E-state index contributed by atoms with van der Waals surface area (Å²) in [6.45, 7) is 6.25. The molecular weight excluding hydrogens is 1010 g/mol. The van der Waals surface area contributed by atoms with E-state index in [9.17, 15) is 15.3 Å². The van der Waals surface area contributed by atoms with Crippen LogP contribution in [-0.2, 0) is 31.9 Å². The summed E-state index contributed by atoms with van der Waals surface area (Å²) < 4.78 is 13.7. The molecule has 13 unspecified atom stereocenters. The molecule has 5 aliphatic heterocycles. The molecule has 2 saturated carbocycles. The second-order valence-corrected chi connectivity index (χ2v) is 25.7. The number of fused-ring (bicyclic) bond motifs is 9. The van der Waals surface area contributed by atoms with Gasteiger partial charge in [-0.25, -0.2) is 9.59 Å². The Kier molecular flexibility index (Phi) is 14.8. The minimum absolute atomic E-state index is 0.0346. The average Bonchev–Trinajstić information content (AvgIpc) is 1.91. The Balaban J connectivity index is 1.05. The highest BCUT2D eigenvalue weighted by Crippen LogP contribution is 2.77. The molecule has 6 aliphatic carbocycles. The number of aliphatic hydroxyl groups excluding tert-OH is 2. The molecule has 11 nitrogen and oxygen atoms in total. The number of aliphatic hydroxyl groups is 2. The Morgan fingerprint density at radius 2 is 1.72 bits per heavy atom. The largest absolute Gasteiger partial charge is 0.508 e. The first-order chi connectivity index (χ1) is 39.4. The Morgan fingerprint density at radius 3 is 2.54 bits per heavy atom. The predicted octanol–water partition coefficient (Wildman–Crippen LogP) is 11.3. The number of allylic oxidation sites excluding steroid dienone is 6. The normalized spacial score (nSPS) is 33.2. The van der Waals surface area contributed by atoms with E-state index < -0.39 is 22.9 Å². The van der Waals surface area contributed by atoms with Gasteiger partial charge in [-0.1, -0.05) is 97.9 Å². The number of rotatable bonds is 12. The molecule has 5 heterocycles. The van der Waals surface area contributed by atoms with Gasteiger partial charge in [-0.3, -0.25) is 0 Å². The molecule has 11 heteroatoms. The van der Waals surface area contributed by atoms with Crippen molar-refractivity contribution in [2.75, 3.05) is 33.3 Å². The summed E-state index contributed by atoms with van der Waals surface area (Å²) in [7, 11) is 2.04. The third-order valence-corrected chi connectivity index (χ3v) is 21.4. The van der Waals surface area contributed by atoms with E-state index >= 15 is 9.59 Å². The Morgan fingerprint density at radius 1 is 0.864 bits per heavy atom. The van der Waals surface area contributed by atoms with Crippen LogP contribution in [-0.4, -0.2) is 72.8 Å². The van der Waals surface area contributed by atoms with E-state index in [0.717, 1.165) is 117 Å². The zero-order chi connectivity index (χ0) is 55.6. The SMILES string of the molecule is CCC(C=C1OC(=O)C2=C3c4cc(O)ccc4-c4cccc(c4)C4C=CC56CCC7=C(C(=O)OC7=CCC7(C8CCNC(NC)C8)CC(CCCO)C(C7)C(NCC(C)O)c7cccc(c7)CCN4)C5C12CCC36)Cc1ccccc1. The van der Waals surface area contributed by atoms with Crippen molar-refractivity contribution in [2.45, 2.75) is 128 Å². The number of hydrogen-bond donors (Lipinski definition) is 7. The number of phenols is 1. The van der Waals surface area contributed by atoms with Crippen molar-refractivity contribution in [1.82, 2.24) is 21.3 Å². The van der Waals surface area contributed by atoms with Gasteiger partial charge in [0.25, 0.3) is 0 Å². The summed E-state index contributed by atoms with van der Waals surface area (Å²) in [6, 6.07) is 33.8. The van der Waals surface area contributed by atoms with Crippen LogP contribution in [0.4, 0.5) is 0 Å². The molecule has 2 saturated heterocycles. The zero-order valence-electron chi connectivity index (χ0n) is 47.5. The summed E-state index contributed by atoms with van der Waals surface area (Å²) in [5.41, 5.74) is 9.01. The van der Waals surface area contributed by atoms with Crippen LogP contribution in [0.25, 0.3) is 16.7 Å². The minimum Gasteiger partial charge on any atom is -0.508 e. The topological polar surface area (TPSA) is 161 Å². The number of aromatic hydroxyl groups is 1. The summed E-state index contributed by atoms with van der Waals surface area (Å²) >= 11 is 0. The van der Waals surface area contributed by atoms with Gasteiger partial charge in [0.05, 0.1) is 29.3 Å². The number of hydrogen-bond acceptors (Lipinski definition) is 11. The van der Waals surface area contributed by atoms with Crippen LogP contribution in [0.1, 0.15) is 131 Å². The molecular formula is C70H82N4O7. The number of piperidine rings is 1. The van der Waals surface area contributed by atoms with Gasteiger partial charge >= 0.3 is 11.9 Å². The van der Waals surface area contributed by atoms with Gasteiger partial charge in [-0.05, 0) is 220 Å². The Bertz CT molecular complexity index is 3250. The van der Waals surface area contributed by atoms with Crippen molar-refractivity contribution in [3.05, 3.63) is 177 Å². The standard InChI is InChI=1S/C70H82N4O7/c1-4-43(33-44-11-6-5-7-12-44)35-59-70-29-21-56-61(63(70)67(79)81-59)54-38-51(77)18-19-52(54)46-14-9-15-47(36-46)57-22-28-69(56)27-20-53-58(80-66(78)62(53)65(69)70)23-26-68(50-25-31-73-60(37-50)71-3)39-49(17-10-32-75)55(40-68)64(74-41-42(2)76)48-16-8-13-45(34-48)24-30-72-57/h5-9,11-16,18-19,22-23,28,34-36,38,42-43,49-50,55-57,60,64-65,71-77H,4,10,17,20-21,24-27,29-33,37,39-41H2,1-3H3. The van der Waals surface area contributed by atoms with Crippen molar-refractivity contribution in [3.63, 3.8) is 0 Å². The lowest BCUT2D eigenvalue weighted by Crippen LogP contribution is -2.58. The summed E-state index contributed by atoms with van der Waals surface area (Å²) in [5, 5.41) is 48.2. The maximum atomic E-state index is 15.7. The van der Waals surface area contributed by atoms with Crippen molar-refractivity contribution in [3.8, 4) is 16.9 Å². The van der Waals surface area contributed by atoms with Crippen LogP contribution in [0.3, 0.4) is 0 Å². The Hall–Kier alpha value is -5.92. The molecule has 0 aromatic heterocycles. The fourth-order valence-electron chi connectivity index (χ4n) is 17.8. The van der Waals surface area contributed by atoms with E-state index in [0.29, 0.717) is 60.4 Å². The van der Waals surface area contributed by atoms with Crippen LogP contribution in [0.5, 0.6) is 5.75 Å². The van der Waals surface area contributed by atoms with Crippen molar-refractivity contribution in [1.29, 1.82) is 0 Å². The number of cyclic esters (lactones) is 1. The quantitative estimate of drug-likeness (QED) is 0.0534. The lowest BCUT2D eigenvalue weighted by molar-refractivity contribution is -0.135. The highest BCUT2D eigenvalue weighted by molar-refractivity contribution is 6.08. The second kappa shape index (κ2) is 22.0. The summed E-state index contributed by atoms with van der Waals surface area (Å²) in [5.74, 6) is 1.05. The average molecular weight is 1090 g/mol. The van der Waals surface area contributed by atoms with E-state index in [4.69, 9.17) is 9.47 Å². The van der Waals surface area contributed by atoms with Gasteiger partial charge in [0.15, 0.2) is 0 Å². The maximum Gasteiger partial charge on any atom is 0.340 e. The van der Waals surface area contributed by atoms with E-state index in [2.05, 4.69) is 125 Å². The van der Waals surface area contributed by atoms with Gasteiger partial charge < -0.3 is 46.1 Å². The monoisotopic (exact) mass is 1090 g/mol. The molecule has 424 valence electrons. The molecule has 0 radical (unpaired) electrons. The van der Waals surface area contributed by atoms with Crippen molar-refractivity contribution >= 4 is 17.5 Å². The summed E-state index contributed by atoms with van der Waals surface area (Å²) in [6.07, 6.45) is 20.4. The van der Waals surface area contributed by atoms with Crippen LogP contribution in [0.15, 0.2) is 150 Å². The molecule has 4 aromatic rings. The zero-order valence-corrected chi connectivity index (χ0v) is 47.5. The number of esters is 2. The van der Waals surface area contributed by atoms with Gasteiger partial charge in [-0.2, -0.15) is 0 Å². The van der Waals surface area contributed by atoms with Crippen LogP contribution >= 0.6 is 0 Å². The number of phenolic OH excluding ortho intramolecular Hbond substituents is 1. The first-order valence-corrected chi connectivity index (χ1v) is 30.7. The second-order valence-electron chi connectivity index (χ2n) is 25.7. The molecule has 7 N–H and O–H groups in total. The highest BCUT2D eigenvalue weighted by atomic mass is 16.6. The molecule has 0 amide bonds. The first kappa shape index (κ1) is 54.3. The summed E-state index contributed by atoms with van der Waals surface area (Å²) in [4.78, 5) is 31.2. The molecule has 13 atom stereocenters. The number of nitrogens with one attached hydrogen (secondary N) is 4. The molecule has 14 bridgehead atoms. The molecule has 11 aliphatic rings. The fourth-order valence-corrected chi connectivity index (χ4v) is 17.8. The molecule has 4 aromatic carbocycles. The molecule has 2 spiro atoms. The van der Waals surface area contributed by atoms with E-state index in [1.165, 1.54) is 16.7 Å². The van der Waals surface area contributed by atoms with Crippen LogP contribution in [0.2, 0.25) is 0 Å². The van der Waals surface area contributed by atoms with E-state index in [1.54, 1.807) is 6.07 Å². The van der Waals surface area contributed by atoms with Gasteiger partial charge in [-0.15, -0.1) is 0 Å². The predicted molar refractivity (Wildman–Crippen MR) is 316 cm³/mol. The highest BCUT2D eigenvalue weighted by Gasteiger charge is 2.73. The smallest absolute Gasteiger partial charge is 0.340 e. The lowest BCUT2D eigenvalue weighted by atomic mass is 9.38. The van der Waals surface area contributed by atoms with Crippen molar-refractivity contribution in [2.24, 2.45) is 51.8 Å². The third-order valence-electron chi connectivity index (χ3n) is 21.4. The van der Waals surface area contributed by atoms with Gasteiger partial charge in [0.1, 0.15) is 17.3 Å².